The summed E-state index contributed by atoms with van der Waals surface area (Å²) in [4.78, 5) is 26.6. The van der Waals surface area contributed by atoms with Crippen LogP contribution in [0.2, 0.25) is 0 Å². The molecule has 0 saturated carbocycles. The molecule has 0 aliphatic carbocycles. The summed E-state index contributed by atoms with van der Waals surface area (Å²) in [6, 6.07) is 11.6. The number of hydrogen-bond donors (Lipinski definition) is 0. The average molecular weight is 380 g/mol. The Morgan fingerprint density at radius 1 is 1.11 bits per heavy atom. The van der Waals surface area contributed by atoms with Gasteiger partial charge in [0.05, 0.1) is 28.9 Å². The summed E-state index contributed by atoms with van der Waals surface area (Å²) >= 11 is 1.44. The van der Waals surface area contributed by atoms with Crippen LogP contribution >= 0.6 is 11.8 Å². The van der Waals surface area contributed by atoms with Crippen molar-refractivity contribution in [2.24, 2.45) is 0 Å². The predicted octanol–water partition coefficient (Wildman–Crippen LogP) is 3.86. The number of furan rings is 1. The molecule has 27 heavy (non-hydrogen) atoms. The Morgan fingerprint density at radius 3 is 2.59 bits per heavy atom. The van der Waals surface area contributed by atoms with Crippen LogP contribution in [0.5, 0.6) is 0 Å². The van der Waals surface area contributed by atoms with Crippen LogP contribution < -0.4 is 9.80 Å². The number of fused-ring (bicyclic) bond motifs is 1. The van der Waals surface area contributed by atoms with Gasteiger partial charge in [-0.1, -0.05) is 12.1 Å². The van der Waals surface area contributed by atoms with E-state index in [1.54, 1.807) is 12.3 Å². The average Bonchev–Trinajstić information content (AvgIpc) is 3.22. The van der Waals surface area contributed by atoms with Crippen molar-refractivity contribution in [2.45, 2.75) is 11.9 Å². The summed E-state index contributed by atoms with van der Waals surface area (Å²) in [6.45, 7) is 3.25. The Morgan fingerprint density at radius 2 is 1.89 bits per heavy atom. The highest BCUT2D eigenvalue weighted by atomic mass is 32.2. The fraction of sp³-hybridized carbons (Fsp3) is 0.250. The third kappa shape index (κ3) is 3.08. The summed E-state index contributed by atoms with van der Waals surface area (Å²) in [5, 5.41) is 0.662. The van der Waals surface area contributed by atoms with Crippen LogP contribution in [0.4, 0.5) is 11.4 Å². The van der Waals surface area contributed by atoms with Crippen molar-refractivity contribution in [1.82, 2.24) is 9.97 Å². The molecule has 4 rings (SSSR count). The maximum Gasteiger partial charge on any atom is 0.262 e. The van der Waals surface area contributed by atoms with Crippen molar-refractivity contribution < 1.29 is 9.21 Å². The number of aryl methyl sites for hydroxylation is 1. The zero-order valence-corrected chi connectivity index (χ0v) is 16.3. The molecule has 0 radical (unpaired) electrons. The molecule has 138 valence electrons. The highest BCUT2D eigenvalue weighted by Crippen LogP contribution is 2.34. The molecule has 1 aliphatic heterocycles. The Balaban J connectivity index is 1.78. The van der Waals surface area contributed by atoms with E-state index in [0.29, 0.717) is 34.4 Å². The fourth-order valence-electron chi connectivity index (χ4n) is 3.31. The van der Waals surface area contributed by atoms with Gasteiger partial charge in [0.15, 0.2) is 11.6 Å². The first-order valence-electron chi connectivity index (χ1n) is 8.68. The van der Waals surface area contributed by atoms with Crippen LogP contribution in [0.1, 0.15) is 16.1 Å². The number of para-hydroxylation sites is 2. The Labute approximate surface area is 162 Å². The molecule has 2 aromatic heterocycles. The first-order chi connectivity index (χ1) is 13.1. The lowest BCUT2D eigenvalue weighted by Gasteiger charge is -2.36. The molecule has 1 amide bonds. The summed E-state index contributed by atoms with van der Waals surface area (Å²) in [5.74, 6) is 1.03. The molecule has 0 bridgehead atoms. The normalized spacial score (nSPS) is 13.6. The van der Waals surface area contributed by atoms with E-state index in [9.17, 15) is 4.79 Å². The topological polar surface area (TPSA) is 62.5 Å². The molecule has 0 fully saturated rings. The quantitative estimate of drug-likeness (QED) is 0.508. The lowest BCUT2D eigenvalue weighted by molar-refractivity contribution is 0.0982. The number of thioether (sulfide) groups is 1. The Hall–Kier alpha value is -2.80. The number of amides is 1. The van der Waals surface area contributed by atoms with Gasteiger partial charge in [-0.2, -0.15) is 0 Å². The monoisotopic (exact) mass is 380 g/mol. The van der Waals surface area contributed by atoms with Crippen LogP contribution in [0, 0.1) is 6.92 Å². The van der Waals surface area contributed by atoms with Gasteiger partial charge in [-0.3, -0.25) is 4.79 Å². The van der Waals surface area contributed by atoms with Crippen LogP contribution in [-0.2, 0) is 0 Å². The highest BCUT2D eigenvalue weighted by Gasteiger charge is 2.29. The van der Waals surface area contributed by atoms with Gasteiger partial charge in [0, 0.05) is 20.1 Å². The van der Waals surface area contributed by atoms with Crippen molar-refractivity contribution in [1.29, 1.82) is 0 Å². The summed E-state index contributed by atoms with van der Waals surface area (Å²) in [5.41, 5.74) is 3.17. The number of aromatic nitrogens is 2. The smallest absolute Gasteiger partial charge is 0.262 e. The molecule has 3 aromatic rings. The SMILES string of the molecule is CSc1nc(-c2ccco2)nc(C)c1C(=O)N1CCN(C)c2ccccc21. The molecule has 3 heterocycles. The lowest BCUT2D eigenvalue weighted by atomic mass is 10.1. The summed E-state index contributed by atoms with van der Waals surface area (Å²) < 4.78 is 5.41. The minimum absolute atomic E-state index is 0.0663. The van der Waals surface area contributed by atoms with Gasteiger partial charge < -0.3 is 14.2 Å². The van der Waals surface area contributed by atoms with Crippen molar-refractivity contribution in [3.63, 3.8) is 0 Å². The van der Waals surface area contributed by atoms with Crippen molar-refractivity contribution in [3.05, 3.63) is 53.9 Å². The van der Waals surface area contributed by atoms with Crippen LogP contribution in [0.15, 0.2) is 52.1 Å². The van der Waals surface area contributed by atoms with Gasteiger partial charge in [0.25, 0.3) is 5.91 Å². The molecule has 1 aliphatic rings. The number of likely N-dealkylation sites (N-methyl/N-ethyl adjacent to an activating group) is 1. The van der Waals surface area contributed by atoms with Gasteiger partial charge in [0.1, 0.15) is 5.03 Å². The largest absolute Gasteiger partial charge is 0.461 e. The summed E-state index contributed by atoms with van der Waals surface area (Å²) in [6.07, 6.45) is 3.51. The van der Waals surface area contributed by atoms with E-state index in [2.05, 4.69) is 14.9 Å². The van der Waals surface area contributed by atoms with Crippen LogP contribution in [0.25, 0.3) is 11.6 Å². The van der Waals surface area contributed by atoms with Crippen molar-refractivity contribution in [3.8, 4) is 11.6 Å². The number of carbonyl (C=O) groups excluding carboxylic acids is 1. The Bertz CT molecular complexity index is 988. The highest BCUT2D eigenvalue weighted by molar-refractivity contribution is 7.98. The summed E-state index contributed by atoms with van der Waals surface area (Å²) in [7, 11) is 2.04. The minimum atomic E-state index is -0.0663. The molecule has 0 spiro atoms. The van der Waals surface area contributed by atoms with E-state index < -0.39 is 0 Å². The van der Waals surface area contributed by atoms with Crippen LogP contribution in [-0.4, -0.2) is 42.3 Å². The van der Waals surface area contributed by atoms with Gasteiger partial charge >= 0.3 is 0 Å². The molecule has 0 atom stereocenters. The van der Waals surface area contributed by atoms with Crippen LogP contribution in [0.3, 0.4) is 0 Å². The van der Waals surface area contributed by atoms with Gasteiger partial charge in [-0.15, -0.1) is 11.8 Å². The van der Waals surface area contributed by atoms with Crippen molar-refractivity contribution in [2.75, 3.05) is 36.2 Å². The number of anilines is 2. The number of carbonyl (C=O) groups is 1. The number of rotatable bonds is 3. The first-order valence-corrected chi connectivity index (χ1v) is 9.91. The number of benzene rings is 1. The third-order valence-electron chi connectivity index (χ3n) is 4.69. The second-order valence-electron chi connectivity index (χ2n) is 6.36. The Kier molecular flexibility index (Phi) is 4.61. The molecular weight excluding hydrogens is 360 g/mol. The van der Waals surface area contributed by atoms with E-state index in [1.165, 1.54) is 11.8 Å². The van der Waals surface area contributed by atoms with Gasteiger partial charge in [-0.05, 0) is 37.4 Å². The molecule has 0 N–H and O–H groups in total. The molecular formula is C20H20N4O2S. The maximum atomic E-state index is 13.5. The first kappa shape index (κ1) is 17.6. The van der Waals surface area contributed by atoms with E-state index in [-0.39, 0.29) is 5.91 Å². The standard InChI is InChI=1S/C20H20N4O2S/c1-13-17(19(27-3)22-18(21-13)16-9-6-12-26-16)20(25)24-11-10-23(2)14-7-4-5-8-15(14)24/h4-9,12H,10-11H2,1-3H3. The van der Waals surface area contributed by atoms with Gasteiger partial charge in [-0.25, -0.2) is 9.97 Å². The van der Waals surface area contributed by atoms with E-state index in [4.69, 9.17) is 4.42 Å². The molecule has 6 nitrogen and oxygen atoms in total. The lowest BCUT2D eigenvalue weighted by Crippen LogP contribution is -2.43. The zero-order valence-electron chi connectivity index (χ0n) is 15.5. The second-order valence-corrected chi connectivity index (χ2v) is 7.16. The third-order valence-corrected chi connectivity index (χ3v) is 5.38. The molecule has 1 aromatic carbocycles. The predicted molar refractivity (Wildman–Crippen MR) is 108 cm³/mol. The second kappa shape index (κ2) is 7.08. The van der Waals surface area contributed by atoms with Crippen molar-refractivity contribution >= 4 is 29.0 Å². The van der Waals surface area contributed by atoms with Gasteiger partial charge in [0.2, 0.25) is 0 Å². The molecule has 0 unspecified atom stereocenters. The maximum absolute atomic E-state index is 13.5. The fourth-order valence-corrected chi connectivity index (χ4v) is 3.93. The van der Waals surface area contributed by atoms with E-state index in [1.807, 2.05) is 55.5 Å². The number of hydrogen-bond acceptors (Lipinski definition) is 6. The molecule has 7 heteroatoms. The van der Waals surface area contributed by atoms with E-state index >= 15 is 0 Å². The zero-order chi connectivity index (χ0) is 19.0. The number of nitrogens with zero attached hydrogens (tertiary/aromatic N) is 4. The van der Waals surface area contributed by atoms with E-state index in [0.717, 1.165) is 17.9 Å². The molecule has 0 saturated heterocycles. The minimum Gasteiger partial charge on any atom is -0.461 e.